The Hall–Kier alpha value is -3.25. The lowest BCUT2D eigenvalue weighted by Crippen LogP contribution is -2.54. The van der Waals surface area contributed by atoms with E-state index in [1.807, 2.05) is 36.1 Å². The number of phenolic OH excluding ortho intramolecular Hbond substituents is 1. The number of hydrogen-bond acceptors (Lipinski definition) is 7. The number of aromatic hydroxyl groups is 1. The maximum atomic E-state index is 14.0. The van der Waals surface area contributed by atoms with Crippen LogP contribution in [0.15, 0.2) is 36.4 Å². The molecule has 0 unspecified atom stereocenters. The fraction of sp³-hybridized carbons (Fsp3) is 0.571. The second kappa shape index (κ2) is 14.7. The van der Waals surface area contributed by atoms with Crippen molar-refractivity contribution in [1.82, 2.24) is 19.6 Å². The smallest absolute Gasteiger partial charge is 0.410 e. The maximum Gasteiger partial charge on any atom is 0.410 e. The van der Waals surface area contributed by atoms with Gasteiger partial charge in [-0.05, 0) is 81.2 Å². The van der Waals surface area contributed by atoms with E-state index in [0.29, 0.717) is 57.2 Å². The number of carbonyl (C=O) groups excluding carboxylic acids is 3. The summed E-state index contributed by atoms with van der Waals surface area (Å²) in [6.45, 7) is 6.02. The molecule has 4 aliphatic heterocycles. The van der Waals surface area contributed by atoms with Gasteiger partial charge in [-0.1, -0.05) is 41.4 Å². The largest absolute Gasteiger partial charge is 0.505 e. The van der Waals surface area contributed by atoms with Crippen molar-refractivity contribution in [1.29, 1.82) is 0 Å². The van der Waals surface area contributed by atoms with E-state index in [0.717, 1.165) is 56.4 Å². The fourth-order valence-corrected chi connectivity index (χ4v) is 7.98. The third kappa shape index (κ3) is 7.96. The number of nitrogens with one attached hydrogen (secondary N) is 1. The molecule has 0 bridgehead atoms. The van der Waals surface area contributed by atoms with Crippen LogP contribution >= 0.6 is 23.2 Å². The summed E-state index contributed by atoms with van der Waals surface area (Å²) in [6, 6.07) is 11.1. The van der Waals surface area contributed by atoms with Crippen molar-refractivity contribution in [2.75, 3.05) is 51.1 Å². The Kier molecular flexibility index (Phi) is 10.6. The number of ether oxygens (including phenoxy) is 1. The SMILES string of the molecule is CC1(O)CCN(C2CCN(C(=O)[C@@H](Cc3cc(Cl)c(O)c(Cl)c3)OC(=O)N3CCC(N4CCc5ccccc5NC4=O)CC3)CC2)CC1. The second-order valence-corrected chi connectivity index (χ2v) is 14.6. The van der Waals surface area contributed by atoms with Crippen molar-refractivity contribution in [2.45, 2.75) is 82.1 Å². The van der Waals surface area contributed by atoms with Crippen molar-refractivity contribution in [3.8, 4) is 5.75 Å². The molecule has 48 heavy (non-hydrogen) atoms. The molecule has 0 aromatic heterocycles. The zero-order valence-corrected chi connectivity index (χ0v) is 28.9. The number of halogens is 2. The zero-order valence-electron chi connectivity index (χ0n) is 27.4. The van der Waals surface area contributed by atoms with Gasteiger partial charge in [0.25, 0.3) is 5.91 Å². The molecule has 4 amide bonds. The molecule has 3 fully saturated rings. The summed E-state index contributed by atoms with van der Waals surface area (Å²) in [5, 5.41) is 23.6. The van der Waals surface area contributed by atoms with Gasteiger partial charge in [-0.15, -0.1) is 0 Å². The quantitative estimate of drug-likeness (QED) is 0.381. The molecule has 0 saturated carbocycles. The minimum atomic E-state index is -1.11. The summed E-state index contributed by atoms with van der Waals surface area (Å²) in [5.74, 6) is -0.521. The summed E-state index contributed by atoms with van der Waals surface area (Å²) in [7, 11) is 0. The number of amides is 4. The number of carbonyl (C=O) groups is 3. The first-order chi connectivity index (χ1) is 23.0. The molecule has 1 atom stereocenters. The lowest BCUT2D eigenvalue weighted by molar-refractivity contribution is -0.142. The van der Waals surface area contributed by atoms with Gasteiger partial charge in [-0.25, -0.2) is 9.59 Å². The fourth-order valence-electron chi connectivity index (χ4n) is 7.45. The molecule has 4 heterocycles. The van der Waals surface area contributed by atoms with Gasteiger partial charge in [0.2, 0.25) is 0 Å². The maximum absolute atomic E-state index is 14.0. The zero-order chi connectivity index (χ0) is 34.0. The van der Waals surface area contributed by atoms with Gasteiger partial charge < -0.3 is 39.9 Å². The Bertz CT molecular complexity index is 1480. The highest BCUT2D eigenvalue weighted by molar-refractivity contribution is 6.37. The van der Waals surface area contributed by atoms with E-state index in [1.165, 1.54) is 12.1 Å². The second-order valence-electron chi connectivity index (χ2n) is 13.8. The van der Waals surface area contributed by atoms with E-state index >= 15 is 0 Å². The molecule has 11 nitrogen and oxygen atoms in total. The van der Waals surface area contributed by atoms with E-state index < -0.39 is 17.8 Å². The first-order valence-corrected chi connectivity index (χ1v) is 17.8. The van der Waals surface area contributed by atoms with Crippen LogP contribution in [0.5, 0.6) is 5.75 Å². The third-order valence-corrected chi connectivity index (χ3v) is 11.1. The van der Waals surface area contributed by atoms with Crippen molar-refractivity contribution >= 4 is 46.9 Å². The van der Waals surface area contributed by atoms with E-state index in [4.69, 9.17) is 27.9 Å². The number of piperidine rings is 3. The van der Waals surface area contributed by atoms with E-state index in [9.17, 15) is 24.6 Å². The van der Waals surface area contributed by atoms with E-state index in [-0.39, 0.29) is 40.2 Å². The molecule has 4 aliphatic rings. The summed E-state index contributed by atoms with van der Waals surface area (Å²) < 4.78 is 5.97. The Morgan fingerprint density at radius 1 is 0.938 bits per heavy atom. The van der Waals surface area contributed by atoms with Crippen LogP contribution in [0.3, 0.4) is 0 Å². The van der Waals surface area contributed by atoms with Gasteiger partial charge in [0.15, 0.2) is 11.9 Å². The third-order valence-electron chi connectivity index (χ3n) is 10.5. The lowest BCUT2D eigenvalue weighted by Gasteiger charge is -2.43. The van der Waals surface area contributed by atoms with Crippen molar-refractivity contribution in [3.05, 3.63) is 57.6 Å². The number of rotatable bonds is 6. The number of hydrogen-bond donors (Lipinski definition) is 3. The van der Waals surface area contributed by atoms with Crippen molar-refractivity contribution < 1.29 is 29.3 Å². The van der Waals surface area contributed by atoms with Crippen LogP contribution in [0.2, 0.25) is 10.0 Å². The molecule has 0 aliphatic carbocycles. The molecule has 3 N–H and O–H groups in total. The highest BCUT2D eigenvalue weighted by Crippen LogP contribution is 2.34. The standard InChI is InChI=1S/C35H45Cl2N5O6/c1-35(47)11-18-39(19-12-35)25-7-13-40(14-8-25)32(44)30(22-23-20-27(36)31(43)28(37)21-23)48-34(46)41-15-9-26(10-16-41)42-17-6-24-4-2-3-5-29(24)38-33(42)45/h2-5,20-21,25-26,30,43,47H,6-19,22H2,1H3,(H,38,45)/t30-/m1/s1. The average Bonchev–Trinajstić information content (AvgIpc) is 3.24. The molecule has 2 aromatic carbocycles. The lowest BCUT2D eigenvalue weighted by atomic mass is 9.91. The molecule has 6 rings (SSSR count). The summed E-state index contributed by atoms with van der Waals surface area (Å²) in [6.07, 6.45) is 3.38. The molecule has 2 aromatic rings. The van der Waals surface area contributed by atoms with Crippen LogP contribution < -0.4 is 5.32 Å². The molecule has 260 valence electrons. The van der Waals surface area contributed by atoms with Crippen LogP contribution in [-0.2, 0) is 22.4 Å². The number of fused-ring (bicyclic) bond motifs is 1. The number of anilines is 1. The van der Waals surface area contributed by atoms with Crippen molar-refractivity contribution in [2.24, 2.45) is 0 Å². The Balaban J connectivity index is 1.08. The van der Waals surface area contributed by atoms with Crippen LogP contribution in [0.4, 0.5) is 15.3 Å². The normalized spacial score (nSPS) is 21.7. The molecular weight excluding hydrogens is 657 g/mol. The van der Waals surface area contributed by atoms with Crippen LogP contribution in [-0.4, -0.2) is 117 Å². The van der Waals surface area contributed by atoms with Gasteiger partial charge >= 0.3 is 12.1 Å². The topological polar surface area (TPSA) is 126 Å². The van der Waals surface area contributed by atoms with Crippen molar-refractivity contribution in [3.63, 3.8) is 0 Å². The number of nitrogens with zero attached hydrogens (tertiary/aromatic N) is 4. The molecule has 3 saturated heterocycles. The number of para-hydroxylation sites is 1. The number of benzene rings is 2. The summed E-state index contributed by atoms with van der Waals surface area (Å²) in [5.41, 5.74) is 1.89. The van der Waals surface area contributed by atoms with Gasteiger partial charge in [0.1, 0.15) is 0 Å². The predicted molar refractivity (Wildman–Crippen MR) is 184 cm³/mol. The highest BCUT2D eigenvalue weighted by atomic mass is 35.5. The average molecular weight is 703 g/mol. The number of phenols is 1. The molecular formula is C35H45Cl2N5O6. The highest BCUT2D eigenvalue weighted by Gasteiger charge is 2.37. The summed E-state index contributed by atoms with van der Waals surface area (Å²) >= 11 is 12.4. The molecule has 0 spiro atoms. The van der Waals surface area contributed by atoms with Crippen LogP contribution in [0, 0.1) is 0 Å². The van der Waals surface area contributed by atoms with Crippen LogP contribution in [0.25, 0.3) is 0 Å². The Morgan fingerprint density at radius 2 is 1.54 bits per heavy atom. The molecule has 0 radical (unpaired) electrons. The number of likely N-dealkylation sites (tertiary alicyclic amines) is 3. The Morgan fingerprint density at radius 3 is 2.21 bits per heavy atom. The minimum Gasteiger partial charge on any atom is -0.505 e. The van der Waals surface area contributed by atoms with Crippen LogP contribution in [0.1, 0.15) is 56.6 Å². The summed E-state index contributed by atoms with van der Waals surface area (Å²) in [4.78, 5) is 48.2. The predicted octanol–water partition coefficient (Wildman–Crippen LogP) is 5.14. The van der Waals surface area contributed by atoms with Gasteiger partial charge in [-0.3, -0.25) is 4.79 Å². The number of aliphatic hydroxyl groups is 1. The Labute approximate surface area is 291 Å². The first-order valence-electron chi connectivity index (χ1n) is 17.0. The van der Waals surface area contributed by atoms with Gasteiger partial charge in [0, 0.05) is 70.0 Å². The number of urea groups is 1. The van der Waals surface area contributed by atoms with E-state index in [1.54, 1.807) is 9.80 Å². The van der Waals surface area contributed by atoms with Gasteiger partial charge in [-0.2, -0.15) is 0 Å². The van der Waals surface area contributed by atoms with Gasteiger partial charge in [0.05, 0.1) is 15.6 Å². The first kappa shape index (κ1) is 34.6. The minimum absolute atomic E-state index is 0.0191. The molecule has 13 heteroatoms. The monoisotopic (exact) mass is 701 g/mol. The van der Waals surface area contributed by atoms with E-state index in [2.05, 4.69) is 10.2 Å².